The van der Waals surface area contributed by atoms with Crippen LogP contribution in [0.2, 0.25) is 0 Å². The summed E-state index contributed by atoms with van der Waals surface area (Å²) in [6, 6.07) is 16.7. The van der Waals surface area contributed by atoms with E-state index in [1.54, 1.807) is 34.2 Å². The minimum atomic E-state index is -0.184. The van der Waals surface area contributed by atoms with Gasteiger partial charge in [0.25, 0.3) is 5.91 Å². The average molecular weight is 530 g/mol. The fourth-order valence-electron chi connectivity index (χ4n) is 6.40. The molecule has 2 saturated heterocycles. The van der Waals surface area contributed by atoms with Crippen LogP contribution in [0.25, 0.3) is 10.9 Å². The van der Waals surface area contributed by atoms with Crippen molar-refractivity contribution in [1.29, 1.82) is 0 Å². The molecule has 1 amide bonds. The molecule has 4 heterocycles. The molecule has 2 aliphatic heterocycles. The van der Waals surface area contributed by atoms with E-state index in [0.717, 1.165) is 37.9 Å². The summed E-state index contributed by atoms with van der Waals surface area (Å²) in [6.45, 7) is 5.88. The monoisotopic (exact) mass is 529 g/mol. The van der Waals surface area contributed by atoms with Crippen LogP contribution in [0.4, 0.5) is 4.39 Å². The van der Waals surface area contributed by atoms with Crippen molar-refractivity contribution >= 4 is 34.1 Å². The number of amides is 1. The predicted molar refractivity (Wildman–Crippen MR) is 150 cm³/mol. The molecule has 2 atom stereocenters. The molecular formula is C31H32FN3O2S. The van der Waals surface area contributed by atoms with Crippen LogP contribution in [0, 0.1) is 11.7 Å². The van der Waals surface area contributed by atoms with Crippen molar-refractivity contribution in [2.24, 2.45) is 5.92 Å². The minimum Gasteiger partial charge on any atom is -0.338 e. The number of carbonyl (C=O) groups excluding carboxylic acids is 2. The van der Waals surface area contributed by atoms with Crippen molar-refractivity contribution in [2.75, 3.05) is 32.7 Å². The molecule has 0 bridgehead atoms. The highest BCUT2D eigenvalue weighted by Crippen LogP contribution is 2.37. The lowest BCUT2D eigenvalue weighted by atomic mass is 9.87. The number of benzene rings is 2. The van der Waals surface area contributed by atoms with Gasteiger partial charge >= 0.3 is 0 Å². The molecule has 196 valence electrons. The summed E-state index contributed by atoms with van der Waals surface area (Å²) in [5, 5.41) is 5.24. The van der Waals surface area contributed by atoms with Crippen LogP contribution < -0.4 is 0 Å². The maximum atomic E-state index is 13.9. The van der Waals surface area contributed by atoms with E-state index in [1.807, 2.05) is 41.3 Å². The zero-order valence-electron chi connectivity index (χ0n) is 21.6. The maximum absolute atomic E-state index is 13.9. The Morgan fingerprint density at radius 3 is 2.47 bits per heavy atom. The zero-order chi connectivity index (χ0) is 26.2. The minimum absolute atomic E-state index is 0.00505. The van der Waals surface area contributed by atoms with Gasteiger partial charge in [-0.2, -0.15) is 11.3 Å². The Morgan fingerprint density at radius 2 is 1.76 bits per heavy atom. The van der Waals surface area contributed by atoms with Crippen molar-refractivity contribution in [3.05, 3.63) is 94.1 Å². The number of hydrogen-bond donors (Lipinski definition) is 0. The highest BCUT2D eigenvalue weighted by Gasteiger charge is 2.38. The molecule has 2 fully saturated rings. The molecule has 6 rings (SSSR count). The van der Waals surface area contributed by atoms with Crippen molar-refractivity contribution in [3.63, 3.8) is 0 Å². The Hall–Kier alpha value is -3.29. The third-order valence-corrected chi connectivity index (χ3v) is 9.10. The van der Waals surface area contributed by atoms with Gasteiger partial charge in [0.2, 0.25) is 5.91 Å². The fourth-order valence-corrected chi connectivity index (χ4v) is 7.13. The maximum Gasteiger partial charge on any atom is 0.256 e. The van der Waals surface area contributed by atoms with Gasteiger partial charge in [0.1, 0.15) is 5.82 Å². The highest BCUT2D eigenvalue weighted by molar-refractivity contribution is 7.08. The Labute approximate surface area is 226 Å². The van der Waals surface area contributed by atoms with E-state index in [1.165, 1.54) is 18.1 Å². The molecule has 0 N–H and O–H groups in total. The summed E-state index contributed by atoms with van der Waals surface area (Å²) < 4.78 is 14.9. The van der Waals surface area contributed by atoms with E-state index >= 15 is 0 Å². The lowest BCUT2D eigenvalue weighted by molar-refractivity contribution is 0.0783. The molecule has 2 aromatic carbocycles. The number of rotatable bonds is 5. The molecule has 38 heavy (non-hydrogen) atoms. The molecule has 0 radical (unpaired) electrons. The molecule has 5 nitrogen and oxygen atoms in total. The Kier molecular flexibility index (Phi) is 6.89. The van der Waals surface area contributed by atoms with Gasteiger partial charge < -0.3 is 9.80 Å². The van der Waals surface area contributed by atoms with Crippen LogP contribution in [0.5, 0.6) is 0 Å². The molecule has 2 aromatic heterocycles. The van der Waals surface area contributed by atoms with Gasteiger partial charge in [-0.25, -0.2) is 4.39 Å². The summed E-state index contributed by atoms with van der Waals surface area (Å²) in [5.74, 6) is 0.818. The Balaban J connectivity index is 1.19. The van der Waals surface area contributed by atoms with Crippen molar-refractivity contribution < 1.29 is 14.0 Å². The number of halogens is 1. The van der Waals surface area contributed by atoms with Gasteiger partial charge in [0.15, 0.2) is 0 Å². The number of nitrogens with zero attached hydrogens (tertiary/aromatic N) is 3. The SMILES string of the molecule is CC(=O)n1ccc2cccc(C(=O)N3CC(CN4CCC(c5ccc(F)cc5)CC4)C(c4ccsc4)C3)c21. The first-order valence-electron chi connectivity index (χ1n) is 13.4. The van der Waals surface area contributed by atoms with Crippen molar-refractivity contribution in [3.8, 4) is 0 Å². The van der Waals surface area contributed by atoms with Crippen LogP contribution in [0.3, 0.4) is 0 Å². The number of carbonyl (C=O) groups is 2. The van der Waals surface area contributed by atoms with Gasteiger partial charge in [-0.3, -0.25) is 14.2 Å². The van der Waals surface area contributed by atoms with Crippen molar-refractivity contribution in [1.82, 2.24) is 14.4 Å². The van der Waals surface area contributed by atoms with Crippen LogP contribution in [0.15, 0.2) is 71.6 Å². The predicted octanol–water partition coefficient (Wildman–Crippen LogP) is 6.24. The summed E-state index contributed by atoms with van der Waals surface area (Å²) >= 11 is 1.70. The number of hydrogen-bond acceptors (Lipinski definition) is 4. The number of fused-ring (bicyclic) bond motifs is 1. The number of likely N-dealkylation sites (tertiary alicyclic amines) is 2. The van der Waals surface area contributed by atoms with Gasteiger partial charge in [-0.15, -0.1) is 0 Å². The summed E-state index contributed by atoms with van der Waals surface area (Å²) in [7, 11) is 0. The van der Waals surface area contributed by atoms with Gasteiger partial charge in [0, 0.05) is 44.1 Å². The van der Waals surface area contributed by atoms with Gasteiger partial charge in [0.05, 0.1) is 11.1 Å². The summed E-state index contributed by atoms with van der Waals surface area (Å²) in [5.41, 5.74) is 3.82. The first-order valence-corrected chi connectivity index (χ1v) is 14.3. The molecular weight excluding hydrogens is 497 g/mol. The lowest BCUT2D eigenvalue weighted by Crippen LogP contribution is -2.38. The van der Waals surface area contributed by atoms with E-state index in [-0.39, 0.29) is 17.6 Å². The first kappa shape index (κ1) is 25.0. The largest absolute Gasteiger partial charge is 0.338 e. The second-order valence-corrected chi connectivity index (χ2v) is 11.5. The molecule has 4 aromatic rings. The Bertz CT molecular complexity index is 1440. The third kappa shape index (κ3) is 4.81. The van der Waals surface area contributed by atoms with Crippen LogP contribution in [-0.4, -0.2) is 58.9 Å². The molecule has 2 unspecified atom stereocenters. The standard InChI is InChI=1S/C31H32FN3O2S/c1-21(36)35-15-11-24-3-2-4-28(30(24)35)31(37)34-18-26(29(19-34)25-12-16-38-20-25)17-33-13-9-23(10-14-33)22-5-7-27(32)8-6-22/h2-8,11-12,15-16,20,23,26,29H,9-10,13-14,17-19H2,1H3. The summed E-state index contributed by atoms with van der Waals surface area (Å²) in [4.78, 5) is 30.6. The van der Waals surface area contributed by atoms with E-state index < -0.39 is 0 Å². The normalized spacial score (nSPS) is 20.8. The van der Waals surface area contributed by atoms with E-state index in [9.17, 15) is 14.0 Å². The number of aromatic nitrogens is 1. The topological polar surface area (TPSA) is 45.6 Å². The van der Waals surface area contributed by atoms with E-state index in [4.69, 9.17) is 0 Å². The van der Waals surface area contributed by atoms with E-state index in [0.29, 0.717) is 41.9 Å². The number of thiophene rings is 1. The van der Waals surface area contributed by atoms with Gasteiger partial charge in [-0.1, -0.05) is 24.3 Å². The van der Waals surface area contributed by atoms with Crippen molar-refractivity contribution in [2.45, 2.75) is 31.6 Å². The molecule has 0 saturated carbocycles. The number of para-hydroxylation sites is 1. The highest BCUT2D eigenvalue weighted by atomic mass is 32.1. The second kappa shape index (κ2) is 10.5. The molecule has 0 spiro atoms. The average Bonchev–Trinajstić information content (AvgIpc) is 3.69. The molecule has 0 aliphatic carbocycles. The first-order chi connectivity index (χ1) is 18.5. The molecule has 2 aliphatic rings. The lowest BCUT2D eigenvalue weighted by Gasteiger charge is -2.34. The van der Waals surface area contributed by atoms with E-state index in [2.05, 4.69) is 21.7 Å². The van der Waals surface area contributed by atoms with Gasteiger partial charge in [-0.05, 0) is 90.0 Å². The Morgan fingerprint density at radius 1 is 0.974 bits per heavy atom. The smallest absolute Gasteiger partial charge is 0.256 e. The zero-order valence-corrected chi connectivity index (χ0v) is 22.4. The quantitative estimate of drug-likeness (QED) is 0.308. The molecule has 7 heteroatoms. The van der Waals surface area contributed by atoms with Crippen LogP contribution in [-0.2, 0) is 0 Å². The van der Waals surface area contributed by atoms with Crippen LogP contribution >= 0.6 is 11.3 Å². The third-order valence-electron chi connectivity index (χ3n) is 8.40. The van der Waals surface area contributed by atoms with Crippen LogP contribution in [0.1, 0.15) is 57.9 Å². The summed E-state index contributed by atoms with van der Waals surface area (Å²) in [6.07, 6.45) is 3.88. The second-order valence-electron chi connectivity index (χ2n) is 10.7. The number of piperidine rings is 1. The fraction of sp³-hybridized carbons (Fsp3) is 0.355.